The second kappa shape index (κ2) is 5.11. The lowest BCUT2D eigenvalue weighted by Gasteiger charge is -2.42. The van der Waals surface area contributed by atoms with Gasteiger partial charge in [0.05, 0.1) is 19.6 Å². The van der Waals surface area contributed by atoms with Gasteiger partial charge >= 0.3 is 0 Å². The molecule has 0 bridgehead atoms. The quantitative estimate of drug-likeness (QED) is 0.589. The van der Waals surface area contributed by atoms with Crippen molar-refractivity contribution in [2.24, 2.45) is 4.99 Å². The third-order valence-corrected chi connectivity index (χ3v) is 4.07. The van der Waals surface area contributed by atoms with E-state index in [0.717, 1.165) is 6.54 Å². The van der Waals surface area contributed by atoms with Gasteiger partial charge in [-0.25, -0.2) is 4.99 Å². The van der Waals surface area contributed by atoms with E-state index in [0.29, 0.717) is 0 Å². The second-order valence-corrected chi connectivity index (χ2v) is 5.09. The highest BCUT2D eigenvalue weighted by atomic mass is 15.4. The Bertz CT molecular complexity index is 227. The fourth-order valence-electron chi connectivity index (χ4n) is 3.24. The van der Waals surface area contributed by atoms with Gasteiger partial charge in [-0.2, -0.15) is 0 Å². The highest BCUT2D eigenvalue weighted by molar-refractivity contribution is 5.75. The van der Waals surface area contributed by atoms with Crippen molar-refractivity contribution in [3.05, 3.63) is 0 Å². The Morgan fingerprint density at radius 2 is 1.53 bits per heavy atom. The number of amidine groups is 1. The number of nitrogens with zero attached hydrogens (tertiary/aromatic N) is 2. The minimum Gasteiger partial charge on any atom is -0.279 e. The molecule has 0 unspecified atom stereocenters. The topological polar surface area (TPSA) is 12.4 Å². The van der Waals surface area contributed by atoms with Crippen LogP contribution in [-0.2, 0) is 0 Å². The van der Waals surface area contributed by atoms with Crippen molar-refractivity contribution >= 4 is 5.84 Å². The van der Waals surface area contributed by atoms with E-state index in [2.05, 4.69) is 6.92 Å². The first-order chi connectivity index (χ1) is 7.37. The normalized spacial score (nSPS) is 30.3. The highest BCUT2D eigenvalue weighted by Crippen LogP contribution is 2.24. The Morgan fingerprint density at radius 3 is 2.13 bits per heavy atom. The van der Waals surface area contributed by atoms with Gasteiger partial charge in [0.25, 0.3) is 0 Å². The maximum Gasteiger partial charge on any atom is 0.197 e. The van der Waals surface area contributed by atoms with Crippen LogP contribution < -0.4 is 0 Å². The Labute approximate surface area is 94.0 Å². The van der Waals surface area contributed by atoms with Crippen LogP contribution in [0.2, 0.25) is 0 Å². The molecule has 1 fully saturated rings. The van der Waals surface area contributed by atoms with Crippen LogP contribution in [0.4, 0.5) is 0 Å². The lowest BCUT2D eigenvalue weighted by atomic mass is 10.0. The predicted molar refractivity (Wildman–Crippen MR) is 65.2 cm³/mol. The van der Waals surface area contributed by atoms with Crippen molar-refractivity contribution in [2.45, 2.75) is 51.9 Å². The van der Waals surface area contributed by atoms with Crippen LogP contribution in [0, 0.1) is 0 Å². The summed E-state index contributed by atoms with van der Waals surface area (Å²) < 4.78 is 1.26. The lowest BCUT2D eigenvalue weighted by molar-refractivity contribution is -0.849. The molecule has 2 heterocycles. The van der Waals surface area contributed by atoms with Gasteiger partial charge in [0.2, 0.25) is 0 Å². The van der Waals surface area contributed by atoms with Crippen molar-refractivity contribution in [1.29, 1.82) is 0 Å². The number of piperidine rings is 1. The zero-order chi connectivity index (χ0) is 10.6. The van der Waals surface area contributed by atoms with Crippen molar-refractivity contribution in [3.8, 4) is 0 Å². The molecule has 1 spiro atoms. The van der Waals surface area contributed by atoms with Crippen LogP contribution in [0.1, 0.15) is 51.9 Å². The summed E-state index contributed by atoms with van der Waals surface area (Å²) in [5.41, 5.74) is 0. The molecule has 2 aliphatic heterocycles. The monoisotopic (exact) mass is 209 g/mol. The molecule has 0 aromatic heterocycles. The standard InChI is InChI=1S/C13H25N2/c1-2-13-14-9-5-3-6-10-15(13)11-7-4-8-12-15/h2-12H2,1H3/q+1/b14-13-. The summed E-state index contributed by atoms with van der Waals surface area (Å²) in [5, 5.41) is 0. The van der Waals surface area contributed by atoms with Crippen molar-refractivity contribution in [1.82, 2.24) is 0 Å². The molecule has 0 radical (unpaired) electrons. The first-order valence-electron chi connectivity index (χ1n) is 6.77. The van der Waals surface area contributed by atoms with E-state index in [-0.39, 0.29) is 0 Å². The van der Waals surface area contributed by atoms with Gasteiger partial charge in [-0.05, 0) is 38.5 Å². The lowest BCUT2D eigenvalue weighted by Crippen LogP contribution is -2.56. The molecular formula is C13H25N2+. The highest BCUT2D eigenvalue weighted by Gasteiger charge is 2.34. The largest absolute Gasteiger partial charge is 0.279 e. The first kappa shape index (κ1) is 11.1. The molecule has 0 aromatic rings. The van der Waals surface area contributed by atoms with E-state index in [4.69, 9.17) is 4.99 Å². The molecule has 2 heteroatoms. The molecule has 86 valence electrons. The Morgan fingerprint density at radius 1 is 0.933 bits per heavy atom. The maximum atomic E-state index is 4.87. The zero-order valence-electron chi connectivity index (χ0n) is 10.2. The molecular weight excluding hydrogens is 184 g/mol. The molecule has 0 atom stereocenters. The summed E-state index contributed by atoms with van der Waals surface area (Å²) in [6.45, 7) is 7.48. The van der Waals surface area contributed by atoms with E-state index < -0.39 is 0 Å². The molecule has 0 aliphatic carbocycles. The third-order valence-electron chi connectivity index (χ3n) is 4.07. The first-order valence-corrected chi connectivity index (χ1v) is 6.77. The minimum absolute atomic E-state index is 1.09. The second-order valence-electron chi connectivity index (χ2n) is 5.09. The van der Waals surface area contributed by atoms with Crippen LogP contribution in [0.15, 0.2) is 4.99 Å². The van der Waals surface area contributed by atoms with Crippen LogP contribution in [0.25, 0.3) is 0 Å². The SMILES string of the molecule is CC/C1=N/CCCCC[N+]12CCCCC2. The van der Waals surface area contributed by atoms with Crippen molar-refractivity contribution in [2.75, 3.05) is 26.2 Å². The summed E-state index contributed by atoms with van der Waals surface area (Å²) in [7, 11) is 0. The summed E-state index contributed by atoms with van der Waals surface area (Å²) >= 11 is 0. The van der Waals surface area contributed by atoms with Gasteiger partial charge in [-0.3, -0.25) is 4.48 Å². The molecule has 2 nitrogen and oxygen atoms in total. The number of hydrogen-bond donors (Lipinski definition) is 0. The van der Waals surface area contributed by atoms with Crippen molar-refractivity contribution < 1.29 is 4.48 Å². The molecule has 15 heavy (non-hydrogen) atoms. The van der Waals surface area contributed by atoms with E-state index in [1.54, 1.807) is 0 Å². The third kappa shape index (κ3) is 2.41. The Balaban J connectivity index is 2.17. The molecule has 0 saturated carbocycles. The maximum absolute atomic E-state index is 4.87. The molecule has 0 N–H and O–H groups in total. The zero-order valence-corrected chi connectivity index (χ0v) is 10.2. The number of hydrogen-bond acceptors (Lipinski definition) is 1. The van der Waals surface area contributed by atoms with Crippen LogP contribution >= 0.6 is 0 Å². The molecule has 0 amide bonds. The average Bonchev–Trinajstić information content (AvgIpc) is 2.26. The Hall–Kier alpha value is -0.370. The van der Waals surface area contributed by atoms with Crippen LogP contribution in [0.3, 0.4) is 0 Å². The molecule has 2 rings (SSSR count). The summed E-state index contributed by atoms with van der Waals surface area (Å²) in [6, 6.07) is 0. The number of rotatable bonds is 1. The fraction of sp³-hybridized carbons (Fsp3) is 0.923. The molecule has 0 aromatic carbocycles. The van der Waals surface area contributed by atoms with Gasteiger partial charge in [-0.1, -0.05) is 6.92 Å². The number of quaternary nitrogens is 1. The van der Waals surface area contributed by atoms with Gasteiger partial charge in [-0.15, -0.1) is 0 Å². The van der Waals surface area contributed by atoms with Gasteiger partial charge in [0.15, 0.2) is 5.84 Å². The summed E-state index contributed by atoms with van der Waals surface area (Å²) in [6.07, 6.45) is 9.55. The van der Waals surface area contributed by atoms with E-state index in [1.165, 1.54) is 74.9 Å². The summed E-state index contributed by atoms with van der Waals surface area (Å²) in [4.78, 5) is 4.87. The van der Waals surface area contributed by atoms with Gasteiger partial charge in [0.1, 0.15) is 0 Å². The van der Waals surface area contributed by atoms with Crippen LogP contribution in [0.5, 0.6) is 0 Å². The number of aliphatic imine (C=N–C) groups is 1. The van der Waals surface area contributed by atoms with Crippen molar-refractivity contribution in [3.63, 3.8) is 0 Å². The van der Waals surface area contributed by atoms with Gasteiger partial charge in [0, 0.05) is 13.0 Å². The smallest absolute Gasteiger partial charge is 0.197 e. The Kier molecular flexibility index (Phi) is 3.79. The van der Waals surface area contributed by atoms with E-state index in [1.807, 2.05) is 0 Å². The molecule has 2 aliphatic rings. The molecule has 1 saturated heterocycles. The van der Waals surface area contributed by atoms with Gasteiger partial charge < -0.3 is 0 Å². The average molecular weight is 209 g/mol. The van der Waals surface area contributed by atoms with Crippen LogP contribution in [-0.4, -0.2) is 36.5 Å². The van der Waals surface area contributed by atoms with E-state index in [9.17, 15) is 0 Å². The summed E-state index contributed by atoms with van der Waals surface area (Å²) in [5.74, 6) is 1.51. The fourth-order valence-corrected chi connectivity index (χ4v) is 3.24. The minimum atomic E-state index is 1.09. The predicted octanol–water partition coefficient (Wildman–Crippen LogP) is 2.98. The van der Waals surface area contributed by atoms with E-state index >= 15 is 0 Å².